The fraction of sp³-hybridized carbons (Fsp3) is 0.600. The van der Waals surface area contributed by atoms with Gasteiger partial charge in [-0.2, -0.15) is 0 Å². The summed E-state index contributed by atoms with van der Waals surface area (Å²) in [6, 6.07) is 8.18. The van der Waals surface area contributed by atoms with E-state index in [1.54, 1.807) is 0 Å². The fourth-order valence-electron chi connectivity index (χ4n) is 2.06. The Bertz CT molecular complexity index is 350. The Kier molecular flexibility index (Phi) is 4.34. The van der Waals surface area contributed by atoms with Crippen molar-refractivity contribution in [2.24, 2.45) is 5.73 Å². The fourth-order valence-corrected chi connectivity index (χ4v) is 2.06. The lowest BCUT2D eigenvalue weighted by Crippen LogP contribution is -2.34. The van der Waals surface area contributed by atoms with Crippen LogP contribution < -0.4 is 5.73 Å². The van der Waals surface area contributed by atoms with E-state index in [1.165, 1.54) is 5.56 Å². The van der Waals surface area contributed by atoms with Crippen LogP contribution in [0.5, 0.6) is 0 Å². The van der Waals surface area contributed by atoms with Crippen molar-refractivity contribution in [3.8, 4) is 0 Å². The number of hydrogen-bond acceptors (Lipinski definition) is 2. The minimum Gasteiger partial charge on any atom is -0.384 e. The van der Waals surface area contributed by atoms with Gasteiger partial charge in [0.1, 0.15) is 5.60 Å². The first-order chi connectivity index (χ1) is 7.83. The average molecular weight is 235 g/mol. The van der Waals surface area contributed by atoms with E-state index in [9.17, 15) is 5.11 Å². The van der Waals surface area contributed by atoms with Gasteiger partial charge in [-0.25, -0.2) is 0 Å². The predicted molar refractivity (Wildman–Crippen MR) is 73.0 cm³/mol. The molecule has 0 spiro atoms. The Morgan fingerprint density at radius 1 is 1.06 bits per heavy atom. The Balaban J connectivity index is 3.01. The molecule has 0 amide bonds. The highest BCUT2D eigenvalue weighted by Crippen LogP contribution is 2.28. The molecule has 2 heteroatoms. The molecule has 0 aromatic heterocycles. The Labute approximate surface area is 105 Å². The predicted octanol–water partition coefficient (Wildman–Crippen LogP) is 2.93. The van der Waals surface area contributed by atoms with Gasteiger partial charge < -0.3 is 10.8 Å². The van der Waals surface area contributed by atoms with Crippen LogP contribution >= 0.6 is 0 Å². The zero-order valence-electron chi connectivity index (χ0n) is 11.5. The van der Waals surface area contributed by atoms with E-state index in [0.29, 0.717) is 6.42 Å². The molecule has 96 valence electrons. The Hall–Kier alpha value is -0.860. The quantitative estimate of drug-likeness (QED) is 0.843. The molecule has 0 bridgehead atoms. The SMILES string of the molecule is CCCC(O)(CN)c1ccc(C(C)(C)C)cc1. The molecule has 0 saturated carbocycles. The normalized spacial score (nSPS) is 15.6. The maximum Gasteiger partial charge on any atom is 0.102 e. The molecule has 1 aromatic rings. The first kappa shape index (κ1) is 14.2. The van der Waals surface area contributed by atoms with E-state index in [0.717, 1.165) is 12.0 Å². The van der Waals surface area contributed by atoms with Gasteiger partial charge in [0.15, 0.2) is 0 Å². The number of benzene rings is 1. The molecule has 0 aliphatic carbocycles. The average Bonchev–Trinajstić information content (AvgIpc) is 2.28. The summed E-state index contributed by atoms with van der Waals surface area (Å²) in [7, 11) is 0. The maximum atomic E-state index is 10.5. The van der Waals surface area contributed by atoms with E-state index in [1.807, 2.05) is 12.1 Å². The van der Waals surface area contributed by atoms with Crippen LogP contribution in [0.25, 0.3) is 0 Å². The zero-order chi connectivity index (χ0) is 13.1. The first-order valence-corrected chi connectivity index (χ1v) is 6.37. The molecule has 2 nitrogen and oxygen atoms in total. The third-order valence-corrected chi connectivity index (χ3v) is 3.29. The lowest BCUT2D eigenvalue weighted by atomic mass is 9.83. The molecule has 1 aromatic carbocycles. The third kappa shape index (κ3) is 3.30. The van der Waals surface area contributed by atoms with Crippen molar-refractivity contribution >= 4 is 0 Å². The van der Waals surface area contributed by atoms with Gasteiger partial charge in [0.05, 0.1) is 0 Å². The standard InChI is InChI=1S/C15H25NO/c1-5-10-15(17,11-16)13-8-6-12(7-9-13)14(2,3)4/h6-9,17H,5,10-11,16H2,1-4H3. The molecule has 0 aliphatic rings. The smallest absolute Gasteiger partial charge is 0.102 e. The summed E-state index contributed by atoms with van der Waals surface area (Å²) in [5.41, 5.74) is 7.17. The van der Waals surface area contributed by atoms with Crippen LogP contribution in [0.1, 0.15) is 51.7 Å². The van der Waals surface area contributed by atoms with Crippen LogP contribution in [0.4, 0.5) is 0 Å². The summed E-state index contributed by atoms with van der Waals surface area (Å²) in [4.78, 5) is 0. The molecule has 0 heterocycles. The van der Waals surface area contributed by atoms with Crippen LogP contribution in [-0.2, 0) is 11.0 Å². The molecular formula is C15H25NO. The van der Waals surface area contributed by atoms with Crippen molar-refractivity contribution in [2.75, 3.05) is 6.54 Å². The van der Waals surface area contributed by atoms with Crippen LogP contribution in [0.3, 0.4) is 0 Å². The number of rotatable bonds is 4. The second-order valence-corrected chi connectivity index (χ2v) is 5.81. The minimum atomic E-state index is -0.870. The zero-order valence-corrected chi connectivity index (χ0v) is 11.5. The molecule has 1 unspecified atom stereocenters. The van der Waals surface area contributed by atoms with Gasteiger partial charge in [0.2, 0.25) is 0 Å². The summed E-state index contributed by atoms with van der Waals surface area (Å²) in [6.07, 6.45) is 1.63. The van der Waals surface area contributed by atoms with Crippen molar-refractivity contribution in [3.05, 3.63) is 35.4 Å². The second kappa shape index (κ2) is 5.19. The molecule has 1 rings (SSSR count). The van der Waals surface area contributed by atoms with Crippen molar-refractivity contribution in [2.45, 2.75) is 51.6 Å². The molecular weight excluding hydrogens is 210 g/mol. The molecule has 1 atom stereocenters. The molecule has 0 radical (unpaired) electrons. The highest BCUT2D eigenvalue weighted by molar-refractivity contribution is 5.31. The van der Waals surface area contributed by atoms with E-state index < -0.39 is 5.60 Å². The van der Waals surface area contributed by atoms with Crippen molar-refractivity contribution < 1.29 is 5.11 Å². The van der Waals surface area contributed by atoms with Crippen molar-refractivity contribution in [3.63, 3.8) is 0 Å². The van der Waals surface area contributed by atoms with E-state index in [-0.39, 0.29) is 12.0 Å². The van der Waals surface area contributed by atoms with Crippen LogP contribution in [0.2, 0.25) is 0 Å². The number of aliphatic hydroxyl groups is 1. The monoisotopic (exact) mass is 235 g/mol. The van der Waals surface area contributed by atoms with Gasteiger partial charge in [0, 0.05) is 6.54 Å². The van der Waals surface area contributed by atoms with Gasteiger partial charge in [0.25, 0.3) is 0 Å². The molecule has 0 aliphatic heterocycles. The van der Waals surface area contributed by atoms with Gasteiger partial charge >= 0.3 is 0 Å². The lowest BCUT2D eigenvalue weighted by molar-refractivity contribution is 0.0359. The van der Waals surface area contributed by atoms with Crippen LogP contribution in [-0.4, -0.2) is 11.7 Å². The largest absolute Gasteiger partial charge is 0.384 e. The highest BCUT2D eigenvalue weighted by Gasteiger charge is 2.26. The van der Waals surface area contributed by atoms with Crippen LogP contribution in [0.15, 0.2) is 24.3 Å². The summed E-state index contributed by atoms with van der Waals surface area (Å²) in [5.74, 6) is 0. The van der Waals surface area contributed by atoms with Crippen molar-refractivity contribution in [1.29, 1.82) is 0 Å². The summed E-state index contributed by atoms with van der Waals surface area (Å²) in [5, 5.41) is 10.5. The number of hydrogen-bond donors (Lipinski definition) is 2. The van der Waals surface area contributed by atoms with Gasteiger partial charge in [-0.05, 0) is 23.0 Å². The van der Waals surface area contributed by atoms with Gasteiger partial charge in [-0.3, -0.25) is 0 Å². The van der Waals surface area contributed by atoms with Gasteiger partial charge in [-0.1, -0.05) is 58.4 Å². The third-order valence-electron chi connectivity index (χ3n) is 3.29. The van der Waals surface area contributed by atoms with E-state index in [4.69, 9.17) is 5.73 Å². The second-order valence-electron chi connectivity index (χ2n) is 5.81. The molecule has 3 N–H and O–H groups in total. The van der Waals surface area contributed by atoms with Gasteiger partial charge in [-0.15, -0.1) is 0 Å². The lowest BCUT2D eigenvalue weighted by Gasteiger charge is -2.28. The maximum absolute atomic E-state index is 10.5. The van der Waals surface area contributed by atoms with Crippen molar-refractivity contribution in [1.82, 2.24) is 0 Å². The van der Waals surface area contributed by atoms with E-state index in [2.05, 4.69) is 39.8 Å². The summed E-state index contributed by atoms with van der Waals surface area (Å²) < 4.78 is 0. The molecule has 0 saturated heterocycles. The first-order valence-electron chi connectivity index (χ1n) is 6.37. The van der Waals surface area contributed by atoms with E-state index >= 15 is 0 Å². The number of nitrogens with two attached hydrogens (primary N) is 1. The summed E-state index contributed by atoms with van der Waals surface area (Å²) in [6.45, 7) is 8.88. The van der Waals surface area contributed by atoms with Crippen LogP contribution in [0, 0.1) is 0 Å². The minimum absolute atomic E-state index is 0.143. The topological polar surface area (TPSA) is 46.2 Å². The molecule has 17 heavy (non-hydrogen) atoms. The Morgan fingerprint density at radius 2 is 1.53 bits per heavy atom. The summed E-state index contributed by atoms with van der Waals surface area (Å²) >= 11 is 0. The Morgan fingerprint density at radius 3 is 1.88 bits per heavy atom. The molecule has 0 fully saturated rings. The highest BCUT2D eigenvalue weighted by atomic mass is 16.3.